The lowest BCUT2D eigenvalue weighted by Crippen LogP contribution is -2.16. The summed E-state index contributed by atoms with van der Waals surface area (Å²) in [5.41, 5.74) is 6.05. The quantitative estimate of drug-likeness (QED) is 0.621. The van der Waals surface area contributed by atoms with Gasteiger partial charge in [-0.2, -0.15) is 0 Å². The molecule has 0 radical (unpaired) electrons. The average Bonchev–Trinajstić information content (AvgIpc) is 2.26. The van der Waals surface area contributed by atoms with Gasteiger partial charge in [0.15, 0.2) is 0 Å². The summed E-state index contributed by atoms with van der Waals surface area (Å²) in [5.74, 6) is 1.02. The van der Waals surface area contributed by atoms with Crippen LogP contribution in [-0.2, 0) is 6.54 Å². The zero-order valence-electron chi connectivity index (χ0n) is 10.7. The molecule has 0 saturated carbocycles. The molecule has 1 aromatic carbocycles. The van der Waals surface area contributed by atoms with Gasteiger partial charge in [-0.05, 0) is 50.1 Å². The number of rotatable bonds is 4. The second-order valence-electron chi connectivity index (χ2n) is 4.27. The number of methoxy groups -OCH3 is 1. The number of alkyl halides is 1. The number of nitrogens with zero attached hydrogens (tertiary/aromatic N) is 1. The van der Waals surface area contributed by atoms with Gasteiger partial charge in [0, 0.05) is 6.54 Å². The van der Waals surface area contributed by atoms with E-state index in [1.807, 2.05) is 0 Å². The van der Waals surface area contributed by atoms with E-state index in [1.165, 1.54) is 22.3 Å². The fourth-order valence-corrected chi connectivity index (χ4v) is 2.13. The van der Waals surface area contributed by atoms with Gasteiger partial charge in [0.2, 0.25) is 0 Å². The van der Waals surface area contributed by atoms with E-state index in [0.717, 1.165) is 17.7 Å². The number of benzene rings is 1. The fourth-order valence-electron chi connectivity index (χ4n) is 1.95. The lowest BCUT2D eigenvalue weighted by molar-refractivity contribution is 0.386. The van der Waals surface area contributed by atoms with E-state index < -0.39 is 0 Å². The maximum Gasteiger partial charge on any atom is 0.124 e. The Morgan fingerprint density at radius 3 is 2.38 bits per heavy atom. The van der Waals surface area contributed by atoms with Crippen LogP contribution in [0.25, 0.3) is 0 Å². The normalized spacial score (nSPS) is 10.9. The van der Waals surface area contributed by atoms with Crippen LogP contribution in [0, 0.1) is 20.8 Å². The molecule has 0 bridgehead atoms. The van der Waals surface area contributed by atoms with Crippen molar-refractivity contribution in [3.8, 4) is 5.75 Å². The summed E-state index contributed by atoms with van der Waals surface area (Å²) in [4.78, 5) is 2.23. The summed E-state index contributed by atoms with van der Waals surface area (Å²) in [6.07, 6.45) is 0. The van der Waals surface area contributed by atoms with Gasteiger partial charge in [0.1, 0.15) is 5.75 Å². The van der Waals surface area contributed by atoms with Crippen molar-refractivity contribution in [2.45, 2.75) is 27.3 Å². The highest BCUT2D eigenvalue weighted by Gasteiger charge is 2.11. The molecular weight excluding hydrogens is 266 g/mol. The first kappa shape index (κ1) is 13.5. The zero-order valence-corrected chi connectivity index (χ0v) is 12.3. The highest BCUT2D eigenvalue weighted by molar-refractivity contribution is 9.09. The first-order valence-corrected chi connectivity index (χ1v) is 6.51. The molecule has 0 amide bonds. The Kier molecular flexibility index (Phi) is 4.81. The SMILES string of the molecule is COc1c(C)cc(CN(C)CBr)c(C)c1C. The molecule has 0 unspecified atom stereocenters. The third-order valence-corrected chi connectivity index (χ3v) is 3.84. The van der Waals surface area contributed by atoms with Crippen LogP contribution < -0.4 is 4.74 Å². The van der Waals surface area contributed by atoms with E-state index in [1.54, 1.807) is 7.11 Å². The van der Waals surface area contributed by atoms with Crippen LogP contribution in [-0.4, -0.2) is 24.5 Å². The summed E-state index contributed by atoms with van der Waals surface area (Å²) in [6.45, 7) is 7.35. The van der Waals surface area contributed by atoms with Crippen LogP contribution in [0.1, 0.15) is 22.3 Å². The molecule has 0 aliphatic carbocycles. The molecule has 0 N–H and O–H groups in total. The van der Waals surface area contributed by atoms with Crippen LogP contribution in [0.15, 0.2) is 6.07 Å². The maximum atomic E-state index is 5.42. The first-order chi connectivity index (χ1) is 7.51. The zero-order chi connectivity index (χ0) is 12.3. The maximum absolute atomic E-state index is 5.42. The number of hydrogen-bond acceptors (Lipinski definition) is 2. The predicted molar refractivity (Wildman–Crippen MR) is 72.5 cm³/mol. The molecule has 0 aliphatic heterocycles. The third kappa shape index (κ3) is 2.77. The van der Waals surface area contributed by atoms with E-state index >= 15 is 0 Å². The van der Waals surface area contributed by atoms with Crippen LogP contribution in [0.5, 0.6) is 5.75 Å². The largest absolute Gasteiger partial charge is 0.496 e. The number of hydrogen-bond donors (Lipinski definition) is 0. The summed E-state index contributed by atoms with van der Waals surface area (Å²) >= 11 is 3.46. The Balaban J connectivity index is 3.13. The lowest BCUT2D eigenvalue weighted by atomic mass is 9.98. The molecule has 3 heteroatoms. The number of aryl methyl sites for hydroxylation is 1. The highest BCUT2D eigenvalue weighted by atomic mass is 79.9. The number of ether oxygens (including phenoxy) is 1. The minimum atomic E-state index is 0.885. The molecular formula is C13H20BrNO. The van der Waals surface area contributed by atoms with Crippen molar-refractivity contribution in [1.29, 1.82) is 0 Å². The predicted octanol–water partition coefficient (Wildman–Crippen LogP) is 3.40. The molecule has 0 fully saturated rings. The van der Waals surface area contributed by atoms with E-state index in [0.29, 0.717) is 0 Å². The molecule has 1 rings (SSSR count). The van der Waals surface area contributed by atoms with Crippen molar-refractivity contribution >= 4 is 15.9 Å². The van der Waals surface area contributed by atoms with Gasteiger partial charge < -0.3 is 4.74 Å². The van der Waals surface area contributed by atoms with Gasteiger partial charge in [-0.1, -0.05) is 22.0 Å². The standard InChI is InChI=1S/C13H20BrNO/c1-9-6-12(7-15(4)8-14)10(2)11(3)13(9)16-5/h6H,7-8H2,1-5H3. The van der Waals surface area contributed by atoms with Gasteiger partial charge in [-0.3, -0.25) is 4.90 Å². The highest BCUT2D eigenvalue weighted by Crippen LogP contribution is 2.29. The van der Waals surface area contributed by atoms with Gasteiger partial charge in [-0.15, -0.1) is 0 Å². The molecule has 0 atom stereocenters. The van der Waals surface area contributed by atoms with Crippen LogP contribution >= 0.6 is 15.9 Å². The summed E-state index contributed by atoms with van der Waals surface area (Å²) < 4.78 is 5.42. The minimum absolute atomic E-state index is 0.885. The molecule has 0 aromatic heterocycles. The van der Waals surface area contributed by atoms with E-state index in [2.05, 4.69) is 54.7 Å². The van der Waals surface area contributed by atoms with Crippen LogP contribution in [0.2, 0.25) is 0 Å². The Bertz CT molecular complexity index is 377. The second kappa shape index (κ2) is 5.69. The topological polar surface area (TPSA) is 12.5 Å². The minimum Gasteiger partial charge on any atom is -0.496 e. The van der Waals surface area contributed by atoms with Gasteiger partial charge >= 0.3 is 0 Å². The molecule has 0 aliphatic rings. The first-order valence-electron chi connectivity index (χ1n) is 5.39. The molecule has 2 nitrogen and oxygen atoms in total. The van der Waals surface area contributed by atoms with Crippen molar-refractivity contribution in [3.05, 3.63) is 28.3 Å². The molecule has 90 valence electrons. The Morgan fingerprint density at radius 1 is 1.25 bits per heavy atom. The molecule has 1 aromatic rings. The van der Waals surface area contributed by atoms with Crippen molar-refractivity contribution < 1.29 is 4.74 Å². The van der Waals surface area contributed by atoms with Gasteiger partial charge in [0.05, 0.1) is 12.6 Å². The molecule has 0 heterocycles. The summed E-state index contributed by atoms with van der Waals surface area (Å²) in [7, 11) is 3.84. The van der Waals surface area contributed by atoms with Crippen molar-refractivity contribution in [1.82, 2.24) is 4.90 Å². The Hall–Kier alpha value is -0.540. The van der Waals surface area contributed by atoms with Crippen LogP contribution in [0.3, 0.4) is 0 Å². The summed E-state index contributed by atoms with van der Waals surface area (Å²) in [5, 5.41) is 0. The van der Waals surface area contributed by atoms with E-state index in [-0.39, 0.29) is 0 Å². The smallest absolute Gasteiger partial charge is 0.124 e. The van der Waals surface area contributed by atoms with Gasteiger partial charge in [0.25, 0.3) is 0 Å². The Labute approximate surface area is 107 Å². The number of halogens is 1. The van der Waals surface area contributed by atoms with E-state index in [4.69, 9.17) is 4.74 Å². The summed E-state index contributed by atoms with van der Waals surface area (Å²) in [6, 6.07) is 2.22. The second-order valence-corrected chi connectivity index (χ2v) is 4.77. The van der Waals surface area contributed by atoms with E-state index in [9.17, 15) is 0 Å². The van der Waals surface area contributed by atoms with Crippen molar-refractivity contribution in [2.24, 2.45) is 0 Å². The fraction of sp³-hybridized carbons (Fsp3) is 0.538. The molecule has 0 saturated heterocycles. The Morgan fingerprint density at radius 2 is 1.88 bits per heavy atom. The monoisotopic (exact) mass is 285 g/mol. The lowest BCUT2D eigenvalue weighted by Gasteiger charge is -2.19. The molecule has 0 spiro atoms. The average molecular weight is 286 g/mol. The third-order valence-electron chi connectivity index (χ3n) is 2.98. The van der Waals surface area contributed by atoms with Crippen molar-refractivity contribution in [3.63, 3.8) is 0 Å². The van der Waals surface area contributed by atoms with Crippen LogP contribution in [0.4, 0.5) is 0 Å². The van der Waals surface area contributed by atoms with Gasteiger partial charge in [-0.25, -0.2) is 0 Å². The van der Waals surface area contributed by atoms with Crippen molar-refractivity contribution in [2.75, 3.05) is 19.6 Å². The molecule has 16 heavy (non-hydrogen) atoms.